The van der Waals surface area contributed by atoms with Crippen molar-refractivity contribution in [1.82, 2.24) is 4.98 Å². The average molecular weight is 363 g/mol. The van der Waals surface area contributed by atoms with Crippen LogP contribution in [0, 0.1) is 28.5 Å². The number of nitrogens with two attached hydrogens (primary N) is 1. The largest absolute Gasteiger partial charge is 0.495 e. The topological polar surface area (TPSA) is 116 Å². The molecule has 0 saturated carbocycles. The fourth-order valence-electron chi connectivity index (χ4n) is 2.04. The van der Waals surface area contributed by atoms with Crippen molar-refractivity contribution in [2.24, 2.45) is 0 Å². The van der Waals surface area contributed by atoms with E-state index in [1.807, 2.05) is 6.07 Å². The molecule has 0 amide bonds. The van der Waals surface area contributed by atoms with Gasteiger partial charge in [-0.25, -0.2) is 4.39 Å². The molecule has 1 heterocycles. The van der Waals surface area contributed by atoms with Crippen molar-refractivity contribution in [2.75, 3.05) is 12.8 Å². The van der Waals surface area contributed by atoms with Gasteiger partial charge in [0, 0.05) is 11.1 Å². The van der Waals surface area contributed by atoms with Gasteiger partial charge in [0.1, 0.15) is 40.6 Å². The maximum absolute atomic E-state index is 13.6. The molecule has 22 heavy (non-hydrogen) atoms. The zero-order valence-electron chi connectivity index (χ0n) is 11.2. The molecule has 2 rings (SSSR count). The van der Waals surface area contributed by atoms with Crippen molar-refractivity contribution in [3.05, 3.63) is 43.9 Å². The van der Waals surface area contributed by atoms with Crippen LogP contribution >= 0.6 is 15.9 Å². The first-order valence-corrected chi connectivity index (χ1v) is 6.63. The summed E-state index contributed by atoms with van der Waals surface area (Å²) in [6.45, 7) is 0. The van der Waals surface area contributed by atoms with E-state index in [0.717, 1.165) is 6.07 Å². The lowest BCUT2D eigenvalue weighted by atomic mass is 9.96. The zero-order chi connectivity index (χ0) is 16.4. The predicted octanol–water partition coefficient (Wildman–Crippen LogP) is 2.28. The third kappa shape index (κ3) is 2.30. The van der Waals surface area contributed by atoms with Crippen LogP contribution < -0.4 is 16.0 Å². The summed E-state index contributed by atoms with van der Waals surface area (Å²) in [5.74, 6) is -0.711. The number of methoxy groups -OCH3 is 1. The number of H-pyrrole nitrogens is 1. The Bertz CT molecular complexity index is 909. The summed E-state index contributed by atoms with van der Waals surface area (Å²) < 4.78 is 18.8. The number of aromatic nitrogens is 1. The van der Waals surface area contributed by atoms with Gasteiger partial charge >= 0.3 is 0 Å². The van der Waals surface area contributed by atoms with Gasteiger partial charge in [0.05, 0.1) is 11.6 Å². The molecule has 0 aliphatic rings. The highest BCUT2D eigenvalue weighted by Crippen LogP contribution is 2.40. The van der Waals surface area contributed by atoms with Crippen molar-refractivity contribution in [1.29, 1.82) is 10.5 Å². The van der Waals surface area contributed by atoms with E-state index < -0.39 is 11.4 Å². The second-order valence-electron chi connectivity index (χ2n) is 4.16. The molecule has 0 bridgehead atoms. The lowest BCUT2D eigenvalue weighted by Gasteiger charge is -2.14. The van der Waals surface area contributed by atoms with Crippen molar-refractivity contribution in [3.8, 4) is 29.0 Å². The highest BCUT2D eigenvalue weighted by molar-refractivity contribution is 9.10. The van der Waals surface area contributed by atoms with Gasteiger partial charge in [-0.15, -0.1) is 0 Å². The van der Waals surface area contributed by atoms with Crippen molar-refractivity contribution < 1.29 is 9.13 Å². The summed E-state index contributed by atoms with van der Waals surface area (Å²) in [7, 11) is 1.30. The Kier molecular flexibility index (Phi) is 4.15. The summed E-state index contributed by atoms with van der Waals surface area (Å²) in [5, 5.41) is 18.5. The Morgan fingerprint density at radius 1 is 1.32 bits per heavy atom. The second kappa shape index (κ2) is 5.88. The first kappa shape index (κ1) is 15.5. The van der Waals surface area contributed by atoms with E-state index in [0.29, 0.717) is 0 Å². The molecule has 0 atom stereocenters. The van der Waals surface area contributed by atoms with E-state index in [1.54, 1.807) is 6.07 Å². The van der Waals surface area contributed by atoms with Gasteiger partial charge in [-0.05, 0) is 28.1 Å². The standard InChI is InChI=1S/C14H8BrFN4O2/c1-22-12-6(2-3-9(16)11(12)15)10-7(4-17)13(19)20-14(21)8(10)5-18/h2-3H,1H3,(H3,19,20,21). The molecule has 0 fully saturated rings. The van der Waals surface area contributed by atoms with Crippen LogP contribution in [0.15, 0.2) is 21.4 Å². The highest BCUT2D eigenvalue weighted by Gasteiger charge is 2.23. The van der Waals surface area contributed by atoms with Gasteiger partial charge in [-0.1, -0.05) is 0 Å². The minimum absolute atomic E-state index is 0.00352. The third-order valence-electron chi connectivity index (χ3n) is 2.99. The van der Waals surface area contributed by atoms with Crippen LogP contribution in [0.1, 0.15) is 11.1 Å². The number of pyridine rings is 1. The van der Waals surface area contributed by atoms with E-state index in [9.17, 15) is 19.7 Å². The van der Waals surface area contributed by atoms with E-state index in [-0.39, 0.29) is 38.3 Å². The van der Waals surface area contributed by atoms with Gasteiger partial charge in [0.25, 0.3) is 5.56 Å². The Balaban J connectivity index is 3.03. The number of benzene rings is 1. The normalized spacial score (nSPS) is 9.86. The third-order valence-corrected chi connectivity index (χ3v) is 3.73. The monoisotopic (exact) mass is 362 g/mol. The van der Waals surface area contributed by atoms with Crippen LogP contribution in [0.2, 0.25) is 0 Å². The molecule has 6 nitrogen and oxygen atoms in total. The van der Waals surface area contributed by atoms with Gasteiger partial charge in [0.2, 0.25) is 0 Å². The fourth-order valence-corrected chi connectivity index (χ4v) is 2.55. The maximum atomic E-state index is 13.6. The smallest absolute Gasteiger partial charge is 0.268 e. The fraction of sp³-hybridized carbons (Fsp3) is 0.0714. The van der Waals surface area contributed by atoms with Crippen LogP contribution in [0.5, 0.6) is 5.75 Å². The lowest BCUT2D eigenvalue weighted by Crippen LogP contribution is -2.16. The van der Waals surface area contributed by atoms with Crippen LogP contribution in [0.25, 0.3) is 11.1 Å². The number of rotatable bonds is 2. The average Bonchev–Trinajstić information content (AvgIpc) is 2.49. The number of nitriles is 2. The van der Waals surface area contributed by atoms with Crippen LogP contribution in [-0.2, 0) is 0 Å². The molecule has 110 valence electrons. The number of halogens is 2. The first-order chi connectivity index (χ1) is 10.5. The first-order valence-electron chi connectivity index (χ1n) is 5.84. The van der Waals surface area contributed by atoms with Crippen LogP contribution in [0.4, 0.5) is 10.2 Å². The van der Waals surface area contributed by atoms with Gasteiger partial charge < -0.3 is 15.5 Å². The summed E-state index contributed by atoms with van der Waals surface area (Å²) >= 11 is 3.04. The minimum Gasteiger partial charge on any atom is -0.495 e. The molecule has 0 radical (unpaired) electrons. The molecular weight excluding hydrogens is 355 g/mol. The number of hydrogen-bond acceptors (Lipinski definition) is 5. The van der Waals surface area contributed by atoms with Gasteiger partial charge in [0.15, 0.2) is 0 Å². The molecule has 0 saturated heterocycles. The number of ether oxygens (including phenoxy) is 1. The second-order valence-corrected chi connectivity index (χ2v) is 4.95. The van der Waals surface area contributed by atoms with Crippen LogP contribution in [-0.4, -0.2) is 12.1 Å². The summed E-state index contributed by atoms with van der Waals surface area (Å²) in [4.78, 5) is 14.1. The molecule has 0 spiro atoms. The molecule has 1 aromatic carbocycles. The Morgan fingerprint density at radius 3 is 2.50 bits per heavy atom. The Hall–Kier alpha value is -2.84. The number of anilines is 1. The summed E-state index contributed by atoms with van der Waals surface area (Å²) in [5.41, 5.74) is 4.72. The Labute approximate surface area is 132 Å². The SMILES string of the molecule is COc1c(-c2c(C#N)c(N)[nH]c(=O)c2C#N)ccc(F)c1Br. The number of aromatic amines is 1. The number of nitrogens with zero attached hydrogens (tertiary/aromatic N) is 2. The molecule has 8 heteroatoms. The quantitative estimate of drug-likeness (QED) is 0.849. The summed E-state index contributed by atoms with van der Waals surface area (Å²) in [6, 6.07) is 6.01. The molecule has 3 N–H and O–H groups in total. The van der Waals surface area contributed by atoms with E-state index in [4.69, 9.17) is 10.5 Å². The van der Waals surface area contributed by atoms with E-state index >= 15 is 0 Å². The van der Waals surface area contributed by atoms with Crippen LogP contribution in [0.3, 0.4) is 0 Å². The Morgan fingerprint density at radius 2 is 1.95 bits per heavy atom. The van der Waals surface area contributed by atoms with Crippen molar-refractivity contribution >= 4 is 21.7 Å². The predicted molar refractivity (Wildman–Crippen MR) is 80.6 cm³/mol. The minimum atomic E-state index is -0.739. The van der Waals surface area contributed by atoms with Gasteiger partial charge in [-0.2, -0.15) is 10.5 Å². The summed E-state index contributed by atoms with van der Waals surface area (Å²) in [6.07, 6.45) is 0. The highest BCUT2D eigenvalue weighted by atomic mass is 79.9. The zero-order valence-corrected chi connectivity index (χ0v) is 12.8. The molecular formula is C14H8BrFN4O2. The van der Waals surface area contributed by atoms with Crippen molar-refractivity contribution in [3.63, 3.8) is 0 Å². The van der Waals surface area contributed by atoms with E-state index in [2.05, 4.69) is 20.9 Å². The molecule has 0 aliphatic heterocycles. The number of hydrogen-bond donors (Lipinski definition) is 2. The van der Waals surface area contributed by atoms with E-state index in [1.165, 1.54) is 13.2 Å². The molecule has 0 unspecified atom stereocenters. The number of nitrogen functional groups attached to an aromatic ring is 1. The number of nitrogens with one attached hydrogen (secondary N) is 1. The molecule has 1 aromatic heterocycles. The lowest BCUT2D eigenvalue weighted by molar-refractivity contribution is 0.409. The molecule has 2 aromatic rings. The maximum Gasteiger partial charge on any atom is 0.268 e. The van der Waals surface area contributed by atoms with Gasteiger partial charge in [-0.3, -0.25) is 4.79 Å². The molecule has 0 aliphatic carbocycles. The van der Waals surface area contributed by atoms with Crippen molar-refractivity contribution in [2.45, 2.75) is 0 Å².